The number of nitrogen functional groups attached to an aromatic ring is 3. The van der Waals surface area contributed by atoms with Crippen molar-refractivity contribution >= 4 is 23.0 Å². The highest BCUT2D eigenvalue weighted by atomic mass is 16.5. The number of benzene rings is 2. The highest BCUT2D eigenvalue weighted by Gasteiger charge is 2.10. The fourth-order valence-electron chi connectivity index (χ4n) is 1.44. The van der Waals surface area contributed by atoms with Crippen LogP contribution in [0, 0.1) is 0 Å². The molecule has 0 spiro atoms. The van der Waals surface area contributed by atoms with Gasteiger partial charge in [-0.25, -0.2) is 4.79 Å². The summed E-state index contributed by atoms with van der Waals surface area (Å²) in [6.45, 7) is 0. The third-order valence-electron chi connectivity index (χ3n) is 2.38. The van der Waals surface area contributed by atoms with E-state index in [0.717, 1.165) is 0 Å². The van der Waals surface area contributed by atoms with Crippen LogP contribution in [0.1, 0.15) is 10.4 Å². The lowest BCUT2D eigenvalue weighted by Crippen LogP contribution is -2.10. The number of anilines is 3. The van der Waals surface area contributed by atoms with Crippen molar-refractivity contribution in [2.75, 3.05) is 17.2 Å². The van der Waals surface area contributed by atoms with E-state index in [1.165, 1.54) is 6.07 Å². The van der Waals surface area contributed by atoms with Crippen molar-refractivity contribution in [1.29, 1.82) is 0 Å². The number of hydrogen-bond acceptors (Lipinski definition) is 5. The molecule has 0 radical (unpaired) electrons. The SMILES string of the molecule is Nc1ccc(C(=O)Oc2ccc(N)cc2N)cc1. The summed E-state index contributed by atoms with van der Waals surface area (Å²) in [5.41, 5.74) is 18.6. The molecule has 0 aliphatic rings. The Labute approximate surface area is 104 Å². The summed E-state index contributed by atoms with van der Waals surface area (Å²) in [5, 5.41) is 0. The number of esters is 1. The molecule has 0 aromatic heterocycles. The Balaban J connectivity index is 2.18. The lowest BCUT2D eigenvalue weighted by molar-refractivity contribution is 0.0736. The first-order valence-corrected chi connectivity index (χ1v) is 5.29. The maximum absolute atomic E-state index is 11.8. The van der Waals surface area contributed by atoms with E-state index < -0.39 is 5.97 Å². The zero-order valence-electron chi connectivity index (χ0n) is 9.59. The van der Waals surface area contributed by atoms with Crippen molar-refractivity contribution in [3.8, 4) is 5.75 Å². The van der Waals surface area contributed by atoms with E-state index in [1.807, 2.05) is 0 Å². The van der Waals surface area contributed by atoms with E-state index in [0.29, 0.717) is 22.6 Å². The second kappa shape index (κ2) is 4.67. The quantitative estimate of drug-likeness (QED) is 0.422. The fraction of sp³-hybridized carbons (Fsp3) is 0. The van der Waals surface area contributed by atoms with Crippen LogP contribution >= 0.6 is 0 Å². The van der Waals surface area contributed by atoms with Crippen LogP contribution in [0.3, 0.4) is 0 Å². The molecule has 92 valence electrons. The molecule has 0 unspecified atom stereocenters. The molecule has 2 rings (SSSR count). The molecule has 0 atom stereocenters. The number of nitrogens with two attached hydrogens (primary N) is 3. The fourth-order valence-corrected chi connectivity index (χ4v) is 1.44. The Hall–Kier alpha value is -2.69. The first kappa shape index (κ1) is 11.8. The molecule has 0 heterocycles. The summed E-state index contributed by atoms with van der Waals surface area (Å²) in [6, 6.07) is 11.1. The first-order valence-electron chi connectivity index (χ1n) is 5.29. The van der Waals surface area contributed by atoms with Crippen LogP contribution < -0.4 is 21.9 Å². The molecule has 0 fully saturated rings. The van der Waals surface area contributed by atoms with E-state index in [2.05, 4.69) is 0 Å². The van der Waals surface area contributed by atoms with Gasteiger partial charge in [0.2, 0.25) is 0 Å². The van der Waals surface area contributed by atoms with Crippen molar-refractivity contribution < 1.29 is 9.53 Å². The number of ether oxygens (including phenoxy) is 1. The summed E-state index contributed by atoms with van der Waals surface area (Å²) in [4.78, 5) is 11.8. The molecular formula is C13H13N3O2. The molecule has 18 heavy (non-hydrogen) atoms. The lowest BCUT2D eigenvalue weighted by atomic mass is 10.2. The molecular weight excluding hydrogens is 230 g/mol. The van der Waals surface area contributed by atoms with Gasteiger partial charge < -0.3 is 21.9 Å². The molecule has 2 aromatic rings. The normalized spacial score (nSPS) is 10.0. The molecule has 0 bridgehead atoms. The van der Waals surface area contributed by atoms with Crippen molar-refractivity contribution in [1.82, 2.24) is 0 Å². The van der Waals surface area contributed by atoms with E-state index in [-0.39, 0.29) is 5.75 Å². The third kappa shape index (κ3) is 2.52. The lowest BCUT2D eigenvalue weighted by Gasteiger charge is -2.07. The van der Waals surface area contributed by atoms with Crippen LogP contribution in [0.25, 0.3) is 0 Å². The van der Waals surface area contributed by atoms with Crippen LogP contribution in [0.2, 0.25) is 0 Å². The average Bonchev–Trinajstić information content (AvgIpc) is 2.33. The summed E-state index contributed by atoms with van der Waals surface area (Å²) in [7, 11) is 0. The van der Waals surface area contributed by atoms with Crippen LogP contribution in [-0.4, -0.2) is 5.97 Å². The Kier molecular flexibility index (Phi) is 3.05. The molecule has 2 aromatic carbocycles. The predicted molar refractivity (Wildman–Crippen MR) is 71.1 cm³/mol. The van der Waals surface area contributed by atoms with Gasteiger partial charge in [-0.3, -0.25) is 0 Å². The Morgan fingerprint density at radius 2 is 1.50 bits per heavy atom. The van der Waals surface area contributed by atoms with Gasteiger partial charge in [0, 0.05) is 11.4 Å². The van der Waals surface area contributed by atoms with Crippen LogP contribution in [0.5, 0.6) is 5.75 Å². The standard InChI is InChI=1S/C13H13N3O2/c14-9-3-1-8(2-4-9)13(17)18-12-6-5-10(15)7-11(12)16/h1-7H,14-16H2. The maximum Gasteiger partial charge on any atom is 0.343 e. The minimum atomic E-state index is -0.494. The van der Waals surface area contributed by atoms with Crippen molar-refractivity contribution in [2.45, 2.75) is 0 Å². The van der Waals surface area contributed by atoms with E-state index >= 15 is 0 Å². The molecule has 5 heteroatoms. The van der Waals surface area contributed by atoms with Gasteiger partial charge >= 0.3 is 5.97 Å². The van der Waals surface area contributed by atoms with Crippen molar-refractivity contribution in [3.05, 3.63) is 48.0 Å². The van der Waals surface area contributed by atoms with Gasteiger partial charge in [-0.05, 0) is 42.5 Å². The summed E-state index contributed by atoms with van der Waals surface area (Å²) in [6.07, 6.45) is 0. The smallest absolute Gasteiger partial charge is 0.343 e. The van der Waals surface area contributed by atoms with Gasteiger partial charge in [0.1, 0.15) is 0 Å². The van der Waals surface area contributed by atoms with Gasteiger partial charge in [-0.1, -0.05) is 0 Å². The van der Waals surface area contributed by atoms with Crippen LogP contribution in [-0.2, 0) is 0 Å². The molecule has 0 aliphatic carbocycles. The van der Waals surface area contributed by atoms with E-state index in [4.69, 9.17) is 21.9 Å². The summed E-state index contributed by atoms with van der Waals surface area (Å²) < 4.78 is 5.17. The topological polar surface area (TPSA) is 104 Å². The van der Waals surface area contributed by atoms with E-state index in [1.54, 1.807) is 36.4 Å². The first-order chi connectivity index (χ1) is 8.56. The number of carbonyl (C=O) groups is 1. The molecule has 6 N–H and O–H groups in total. The number of rotatable bonds is 2. The number of carbonyl (C=O) groups excluding carboxylic acids is 1. The second-order valence-electron chi connectivity index (χ2n) is 3.81. The molecule has 0 saturated carbocycles. The Morgan fingerprint density at radius 3 is 2.11 bits per heavy atom. The Morgan fingerprint density at radius 1 is 0.889 bits per heavy atom. The van der Waals surface area contributed by atoms with Gasteiger partial charge in [-0.2, -0.15) is 0 Å². The maximum atomic E-state index is 11.8. The van der Waals surface area contributed by atoms with Crippen LogP contribution in [0.4, 0.5) is 17.1 Å². The largest absolute Gasteiger partial charge is 0.421 e. The van der Waals surface area contributed by atoms with E-state index in [9.17, 15) is 4.79 Å². The zero-order chi connectivity index (χ0) is 13.1. The van der Waals surface area contributed by atoms with Crippen molar-refractivity contribution in [3.63, 3.8) is 0 Å². The third-order valence-corrected chi connectivity index (χ3v) is 2.38. The summed E-state index contributed by atoms with van der Waals surface area (Å²) >= 11 is 0. The minimum absolute atomic E-state index is 0.283. The molecule has 5 nitrogen and oxygen atoms in total. The van der Waals surface area contributed by atoms with Crippen molar-refractivity contribution in [2.24, 2.45) is 0 Å². The van der Waals surface area contributed by atoms with Gasteiger partial charge in [0.15, 0.2) is 5.75 Å². The average molecular weight is 243 g/mol. The zero-order valence-corrected chi connectivity index (χ0v) is 9.59. The van der Waals surface area contributed by atoms with Gasteiger partial charge in [-0.15, -0.1) is 0 Å². The van der Waals surface area contributed by atoms with Gasteiger partial charge in [0.25, 0.3) is 0 Å². The molecule has 0 aliphatic heterocycles. The molecule has 0 amide bonds. The molecule has 0 saturated heterocycles. The minimum Gasteiger partial charge on any atom is -0.421 e. The van der Waals surface area contributed by atoms with Crippen LogP contribution in [0.15, 0.2) is 42.5 Å². The second-order valence-corrected chi connectivity index (χ2v) is 3.81. The highest BCUT2D eigenvalue weighted by Crippen LogP contribution is 2.24. The number of hydrogen-bond donors (Lipinski definition) is 3. The van der Waals surface area contributed by atoms with Gasteiger partial charge in [0.05, 0.1) is 11.3 Å². The Bertz CT molecular complexity index is 579. The predicted octanol–water partition coefficient (Wildman–Crippen LogP) is 1.65. The monoisotopic (exact) mass is 243 g/mol. The highest BCUT2D eigenvalue weighted by molar-refractivity contribution is 5.92. The summed E-state index contributed by atoms with van der Waals surface area (Å²) in [5.74, 6) is -0.211.